The van der Waals surface area contributed by atoms with Gasteiger partial charge in [-0.25, -0.2) is 19.6 Å². The second-order valence-electron chi connectivity index (χ2n) is 21.2. The van der Waals surface area contributed by atoms with Crippen LogP contribution in [0.4, 0.5) is 15.3 Å². The van der Waals surface area contributed by atoms with E-state index in [0.717, 1.165) is 65.0 Å². The van der Waals surface area contributed by atoms with Crippen molar-refractivity contribution < 1.29 is 38.1 Å². The molecule has 4 amide bonds. The SMILES string of the molecule is COC(=O)N[C@H](C(=O)N1CCC[C@H]1c1ncc(-c2ccc(C3[C@H](OC)[C@@H](OC)[C@@H](c4ccc(-c5cnc([C@@H]6CCCN6C(=O)[C@@H](NC(=O)OC)C(C)C)[nH]5)cc4)N3c3ccc(C(C)(C)C)cc3)cc2)[nH]1)C(C)C. The van der Waals surface area contributed by atoms with Crippen LogP contribution in [0.2, 0.25) is 0 Å². The maximum absolute atomic E-state index is 13.8. The van der Waals surface area contributed by atoms with Gasteiger partial charge in [0.05, 0.1) is 62.2 Å². The number of alkyl carbamates (subject to hydrolysis) is 2. The molecule has 1 unspecified atom stereocenters. The lowest BCUT2D eigenvalue weighted by molar-refractivity contribution is -0.136. The molecule has 0 radical (unpaired) electrons. The van der Waals surface area contributed by atoms with Gasteiger partial charge in [-0.2, -0.15) is 0 Å². The summed E-state index contributed by atoms with van der Waals surface area (Å²) in [5, 5.41) is 5.45. The molecule has 0 saturated carbocycles. The molecule has 3 aliphatic rings. The van der Waals surface area contributed by atoms with Crippen LogP contribution in [0.25, 0.3) is 22.5 Å². The molecular weight excluding hydrogens is 927 g/mol. The van der Waals surface area contributed by atoms with E-state index in [-0.39, 0.29) is 65.4 Å². The normalized spacial score (nSPS) is 22.0. The first kappa shape index (κ1) is 52.6. The van der Waals surface area contributed by atoms with Crippen molar-refractivity contribution in [2.24, 2.45) is 11.8 Å². The van der Waals surface area contributed by atoms with Crippen molar-refractivity contribution in [2.45, 2.75) is 128 Å². The Bertz CT molecular complexity index is 2540. The van der Waals surface area contributed by atoms with Gasteiger partial charge in [-0.1, -0.05) is 109 Å². The number of H-pyrrole nitrogens is 2. The number of rotatable bonds is 15. The van der Waals surface area contributed by atoms with Crippen LogP contribution in [-0.4, -0.2) is 120 Å². The van der Waals surface area contributed by atoms with Crippen molar-refractivity contribution in [3.8, 4) is 22.5 Å². The average Bonchev–Trinajstić information content (AvgIpc) is 4.26. The smallest absolute Gasteiger partial charge is 0.407 e. The molecule has 390 valence electrons. The van der Waals surface area contributed by atoms with Crippen LogP contribution in [-0.2, 0) is 34.0 Å². The van der Waals surface area contributed by atoms with Gasteiger partial charge < -0.3 is 54.2 Å². The third-order valence-electron chi connectivity index (χ3n) is 14.9. The molecule has 5 aromatic rings. The maximum Gasteiger partial charge on any atom is 0.407 e. The Balaban J connectivity index is 1.07. The Hall–Kier alpha value is -6.72. The van der Waals surface area contributed by atoms with Gasteiger partial charge in [0.2, 0.25) is 11.8 Å². The highest BCUT2D eigenvalue weighted by molar-refractivity contribution is 5.87. The quantitative estimate of drug-likeness (QED) is 0.0781. The minimum atomic E-state index is -0.719. The van der Waals surface area contributed by atoms with E-state index in [0.29, 0.717) is 24.7 Å². The summed E-state index contributed by atoms with van der Waals surface area (Å²) in [7, 11) is 6.08. The number of aromatic nitrogens is 4. The fourth-order valence-corrected chi connectivity index (χ4v) is 10.9. The van der Waals surface area contributed by atoms with E-state index in [1.54, 1.807) is 14.2 Å². The third kappa shape index (κ3) is 10.8. The molecule has 3 saturated heterocycles. The molecule has 0 spiro atoms. The molecule has 3 aromatic carbocycles. The van der Waals surface area contributed by atoms with Crippen LogP contribution in [0, 0.1) is 11.8 Å². The predicted molar refractivity (Wildman–Crippen MR) is 278 cm³/mol. The number of hydrogen-bond acceptors (Lipinski definition) is 11. The van der Waals surface area contributed by atoms with Crippen molar-refractivity contribution in [3.63, 3.8) is 0 Å². The molecule has 5 heterocycles. The molecular formula is C56H73N9O8. The van der Waals surface area contributed by atoms with E-state index in [2.05, 4.69) is 119 Å². The van der Waals surface area contributed by atoms with Crippen LogP contribution < -0.4 is 15.5 Å². The molecule has 17 nitrogen and oxygen atoms in total. The number of nitrogens with zero attached hydrogens (tertiary/aromatic N) is 5. The topological polar surface area (TPSA) is 196 Å². The summed E-state index contributed by atoms with van der Waals surface area (Å²) in [5.41, 5.74) is 7.87. The summed E-state index contributed by atoms with van der Waals surface area (Å²) in [5.74, 6) is 0.831. The zero-order valence-electron chi connectivity index (χ0n) is 44.1. The molecule has 73 heavy (non-hydrogen) atoms. The zero-order valence-corrected chi connectivity index (χ0v) is 44.1. The summed E-state index contributed by atoms with van der Waals surface area (Å²) in [6.07, 6.45) is 4.80. The number of nitrogens with one attached hydrogen (secondary N) is 4. The molecule has 8 atom stereocenters. The standard InChI is InChI=1S/C56H73N9O8/c1-32(2)44(61-54(68)72-10)52(66)63-28-12-14-42(63)50-57-30-40(59-50)34-16-20-36(21-17-34)46-48(70-8)49(71-9)47(65(46)39-26-24-38(25-27-39)56(5,6)7)37-22-18-35(19-23-37)41-31-58-51(60-41)43-15-13-29-64(43)53(67)45(33(3)4)62-55(69)73-11/h16-27,30-33,42-49H,12-15,28-29H2,1-11H3,(H,57,59)(H,58,60)(H,61,68)(H,62,69)/t42-,43-,44-,45-,46+,47?,48-,49-/m0/s1. The number of imidazole rings is 2. The van der Waals surface area contributed by atoms with Crippen LogP contribution in [0.15, 0.2) is 85.2 Å². The van der Waals surface area contributed by atoms with Crippen LogP contribution >= 0.6 is 0 Å². The van der Waals surface area contributed by atoms with Gasteiger partial charge in [0.15, 0.2) is 0 Å². The monoisotopic (exact) mass is 1000 g/mol. The van der Waals surface area contributed by atoms with Crippen LogP contribution in [0.3, 0.4) is 0 Å². The summed E-state index contributed by atoms with van der Waals surface area (Å²) < 4.78 is 22.5. The Kier molecular flexibility index (Phi) is 16.0. The lowest BCUT2D eigenvalue weighted by atomic mass is 9.87. The van der Waals surface area contributed by atoms with Gasteiger partial charge in [-0.05, 0) is 82.9 Å². The van der Waals surface area contributed by atoms with Gasteiger partial charge in [-0.15, -0.1) is 0 Å². The second-order valence-corrected chi connectivity index (χ2v) is 21.2. The summed E-state index contributed by atoms with van der Waals surface area (Å²) in [6, 6.07) is 23.3. The average molecular weight is 1000 g/mol. The van der Waals surface area contributed by atoms with Crippen LogP contribution in [0.5, 0.6) is 0 Å². The molecule has 17 heteroatoms. The number of amides is 4. The van der Waals surface area contributed by atoms with Gasteiger partial charge in [0.1, 0.15) is 35.9 Å². The van der Waals surface area contributed by atoms with E-state index in [1.165, 1.54) is 19.8 Å². The van der Waals surface area contributed by atoms with E-state index in [4.69, 9.17) is 28.9 Å². The fourth-order valence-electron chi connectivity index (χ4n) is 10.9. The minimum Gasteiger partial charge on any atom is -0.453 e. The molecule has 3 fully saturated rings. The van der Waals surface area contributed by atoms with Crippen molar-refractivity contribution in [1.29, 1.82) is 0 Å². The lowest BCUT2D eigenvalue weighted by Gasteiger charge is -2.34. The first-order valence-corrected chi connectivity index (χ1v) is 25.5. The summed E-state index contributed by atoms with van der Waals surface area (Å²) in [4.78, 5) is 74.6. The first-order valence-electron chi connectivity index (χ1n) is 25.5. The van der Waals surface area contributed by atoms with E-state index in [9.17, 15) is 19.2 Å². The van der Waals surface area contributed by atoms with E-state index in [1.807, 2.05) is 49.9 Å². The highest BCUT2D eigenvalue weighted by Crippen LogP contribution is 2.50. The largest absolute Gasteiger partial charge is 0.453 e. The number of carbonyl (C=O) groups excluding carboxylic acids is 4. The number of hydrogen-bond donors (Lipinski definition) is 4. The molecule has 0 bridgehead atoms. The first-order chi connectivity index (χ1) is 35.0. The second kappa shape index (κ2) is 22.2. The highest BCUT2D eigenvalue weighted by atomic mass is 16.5. The molecule has 2 aromatic heterocycles. The number of ether oxygens (including phenoxy) is 4. The number of likely N-dealkylation sites (tertiary alicyclic amines) is 2. The summed E-state index contributed by atoms with van der Waals surface area (Å²) >= 11 is 0. The third-order valence-corrected chi connectivity index (χ3v) is 14.9. The van der Waals surface area contributed by atoms with E-state index < -0.39 is 24.3 Å². The molecule has 0 aliphatic carbocycles. The van der Waals surface area contributed by atoms with E-state index >= 15 is 0 Å². The van der Waals surface area contributed by atoms with Gasteiger partial charge in [0.25, 0.3) is 0 Å². The van der Waals surface area contributed by atoms with Gasteiger partial charge in [0, 0.05) is 33.0 Å². The van der Waals surface area contributed by atoms with Crippen molar-refractivity contribution in [1.82, 2.24) is 40.4 Å². The molecule has 4 N–H and O–H groups in total. The fraction of sp³-hybridized carbons (Fsp3) is 0.500. The van der Waals surface area contributed by atoms with Gasteiger partial charge >= 0.3 is 12.2 Å². The Morgan fingerprint density at radius 3 is 1.34 bits per heavy atom. The number of benzene rings is 3. The number of aromatic amines is 2. The Morgan fingerprint density at radius 1 is 0.603 bits per heavy atom. The van der Waals surface area contributed by atoms with Crippen LogP contribution in [0.1, 0.15) is 127 Å². The molecule has 8 rings (SSSR count). The number of anilines is 1. The predicted octanol–water partition coefficient (Wildman–Crippen LogP) is 9.19. The minimum absolute atomic E-state index is 0.0369. The lowest BCUT2D eigenvalue weighted by Crippen LogP contribution is -2.51. The summed E-state index contributed by atoms with van der Waals surface area (Å²) in [6.45, 7) is 15.4. The number of carbonyl (C=O) groups is 4. The van der Waals surface area contributed by atoms with Crippen molar-refractivity contribution in [2.75, 3.05) is 46.4 Å². The van der Waals surface area contributed by atoms with Crippen molar-refractivity contribution >= 4 is 29.7 Å². The van der Waals surface area contributed by atoms with Crippen molar-refractivity contribution in [3.05, 3.63) is 114 Å². The Morgan fingerprint density at radius 2 is 1.00 bits per heavy atom. The number of methoxy groups -OCH3 is 4. The maximum atomic E-state index is 13.8. The highest BCUT2D eigenvalue weighted by Gasteiger charge is 2.51. The molecule has 3 aliphatic heterocycles. The zero-order chi connectivity index (χ0) is 52.3. The Labute approximate surface area is 429 Å². The van der Waals surface area contributed by atoms with Gasteiger partial charge in [-0.3, -0.25) is 9.59 Å².